The summed E-state index contributed by atoms with van der Waals surface area (Å²) in [6.45, 7) is 11.3. The summed E-state index contributed by atoms with van der Waals surface area (Å²) >= 11 is 0. The van der Waals surface area contributed by atoms with E-state index >= 15 is 0 Å². The first-order valence-electron chi connectivity index (χ1n) is 23.7. The molecule has 0 aliphatic heterocycles. The third-order valence-electron chi connectivity index (χ3n) is 10.7. The van der Waals surface area contributed by atoms with E-state index in [2.05, 4.69) is 34.6 Å². The van der Waals surface area contributed by atoms with Gasteiger partial charge in [0.1, 0.15) is 13.2 Å². The summed E-state index contributed by atoms with van der Waals surface area (Å²) in [6, 6.07) is 0. The van der Waals surface area contributed by atoms with Crippen LogP contribution in [-0.2, 0) is 28.6 Å². The molecule has 0 saturated carbocycles. The lowest BCUT2D eigenvalue weighted by molar-refractivity contribution is -0.167. The summed E-state index contributed by atoms with van der Waals surface area (Å²) in [6.07, 6.45) is 39.6. The van der Waals surface area contributed by atoms with Crippen LogP contribution in [0, 0.1) is 11.8 Å². The van der Waals surface area contributed by atoms with Crippen LogP contribution in [0.15, 0.2) is 0 Å². The number of ether oxygens (including phenoxy) is 3. The Balaban J connectivity index is 4.25. The first-order chi connectivity index (χ1) is 26.2. The predicted molar refractivity (Wildman–Crippen MR) is 229 cm³/mol. The number of hydrogen-bond acceptors (Lipinski definition) is 6. The molecule has 0 saturated heterocycles. The fourth-order valence-corrected chi connectivity index (χ4v) is 7.11. The van der Waals surface area contributed by atoms with Crippen molar-refractivity contribution < 1.29 is 28.6 Å². The number of carbonyl (C=O) groups is 3. The van der Waals surface area contributed by atoms with E-state index in [0.29, 0.717) is 19.3 Å². The first kappa shape index (κ1) is 52.4. The Morgan fingerprint density at radius 1 is 0.352 bits per heavy atom. The van der Waals surface area contributed by atoms with Crippen LogP contribution >= 0.6 is 0 Å². The first-order valence-corrected chi connectivity index (χ1v) is 23.7. The highest BCUT2D eigenvalue weighted by Gasteiger charge is 2.19. The summed E-state index contributed by atoms with van der Waals surface area (Å²) in [5.74, 6) is 0.796. The fraction of sp³-hybridized carbons (Fsp3) is 0.938. The van der Waals surface area contributed by atoms with Crippen molar-refractivity contribution >= 4 is 17.9 Å². The number of carbonyl (C=O) groups excluding carboxylic acids is 3. The van der Waals surface area contributed by atoms with Crippen LogP contribution in [0.3, 0.4) is 0 Å². The molecule has 0 aromatic heterocycles. The molecular formula is C48H92O6. The van der Waals surface area contributed by atoms with Gasteiger partial charge >= 0.3 is 17.9 Å². The molecule has 1 atom stereocenters. The number of esters is 3. The maximum absolute atomic E-state index is 12.7. The fourth-order valence-electron chi connectivity index (χ4n) is 7.11. The van der Waals surface area contributed by atoms with E-state index < -0.39 is 6.10 Å². The van der Waals surface area contributed by atoms with E-state index in [4.69, 9.17) is 14.2 Å². The van der Waals surface area contributed by atoms with Gasteiger partial charge in [-0.3, -0.25) is 14.4 Å². The van der Waals surface area contributed by atoms with Gasteiger partial charge in [-0.1, -0.05) is 221 Å². The zero-order chi connectivity index (χ0) is 39.7. The van der Waals surface area contributed by atoms with E-state index in [1.54, 1.807) is 0 Å². The maximum Gasteiger partial charge on any atom is 0.306 e. The van der Waals surface area contributed by atoms with E-state index in [1.807, 2.05) is 0 Å². The second-order valence-electron chi connectivity index (χ2n) is 17.3. The van der Waals surface area contributed by atoms with Gasteiger partial charge in [0.25, 0.3) is 0 Å². The van der Waals surface area contributed by atoms with Gasteiger partial charge in [0.2, 0.25) is 0 Å². The third kappa shape index (κ3) is 41.6. The molecule has 0 unspecified atom stereocenters. The normalized spacial score (nSPS) is 12.1. The zero-order valence-corrected chi connectivity index (χ0v) is 36.8. The van der Waals surface area contributed by atoms with Gasteiger partial charge in [0.05, 0.1) is 0 Å². The summed E-state index contributed by atoms with van der Waals surface area (Å²) < 4.78 is 16.7. The van der Waals surface area contributed by atoms with Gasteiger partial charge in [-0.05, 0) is 31.1 Å². The van der Waals surface area contributed by atoms with Crippen molar-refractivity contribution in [2.24, 2.45) is 11.8 Å². The minimum Gasteiger partial charge on any atom is -0.462 e. The van der Waals surface area contributed by atoms with Crippen molar-refractivity contribution in [3.63, 3.8) is 0 Å². The maximum atomic E-state index is 12.7. The van der Waals surface area contributed by atoms with Gasteiger partial charge in [-0.15, -0.1) is 0 Å². The Bertz CT molecular complexity index is 824. The van der Waals surface area contributed by atoms with E-state index in [-0.39, 0.29) is 31.1 Å². The van der Waals surface area contributed by atoms with E-state index in [1.165, 1.54) is 148 Å². The Morgan fingerprint density at radius 2 is 0.611 bits per heavy atom. The minimum atomic E-state index is -0.759. The molecule has 0 radical (unpaired) electrons. The van der Waals surface area contributed by atoms with Crippen LogP contribution in [0.1, 0.15) is 259 Å². The van der Waals surface area contributed by atoms with E-state index in [0.717, 1.165) is 69.6 Å². The lowest BCUT2D eigenvalue weighted by atomic mass is 10.0. The number of rotatable bonds is 42. The van der Waals surface area contributed by atoms with Crippen molar-refractivity contribution in [1.82, 2.24) is 0 Å². The van der Waals surface area contributed by atoms with Gasteiger partial charge in [-0.2, -0.15) is 0 Å². The molecule has 0 fully saturated rings. The van der Waals surface area contributed by atoms with Crippen molar-refractivity contribution in [2.45, 2.75) is 265 Å². The highest BCUT2D eigenvalue weighted by Crippen LogP contribution is 2.17. The molecule has 6 nitrogen and oxygen atoms in total. The largest absolute Gasteiger partial charge is 0.462 e. The molecule has 0 aliphatic rings. The average molecular weight is 765 g/mol. The van der Waals surface area contributed by atoms with Crippen LogP contribution in [-0.4, -0.2) is 37.2 Å². The Labute approximate surface area is 336 Å². The minimum absolute atomic E-state index is 0.0649. The molecule has 0 spiro atoms. The molecule has 0 bridgehead atoms. The summed E-state index contributed by atoms with van der Waals surface area (Å²) in [7, 11) is 0. The molecular weight excluding hydrogens is 673 g/mol. The van der Waals surface area contributed by atoms with Crippen LogP contribution in [0.4, 0.5) is 0 Å². The Hall–Kier alpha value is -1.59. The zero-order valence-electron chi connectivity index (χ0n) is 36.8. The monoisotopic (exact) mass is 765 g/mol. The molecule has 0 aromatic carbocycles. The smallest absolute Gasteiger partial charge is 0.306 e. The summed E-state index contributed by atoms with van der Waals surface area (Å²) in [5, 5.41) is 0. The van der Waals surface area contributed by atoms with Crippen LogP contribution in [0.2, 0.25) is 0 Å². The third-order valence-corrected chi connectivity index (χ3v) is 10.7. The molecule has 6 heteroatoms. The molecule has 0 aliphatic carbocycles. The van der Waals surface area contributed by atoms with Crippen molar-refractivity contribution in [1.29, 1.82) is 0 Å². The lowest BCUT2D eigenvalue weighted by Gasteiger charge is -2.18. The lowest BCUT2D eigenvalue weighted by Crippen LogP contribution is -2.30. The summed E-state index contributed by atoms with van der Waals surface area (Å²) in [4.78, 5) is 37.6. The topological polar surface area (TPSA) is 78.9 Å². The second-order valence-corrected chi connectivity index (χ2v) is 17.3. The number of hydrogen-bond donors (Lipinski definition) is 0. The average Bonchev–Trinajstić information content (AvgIpc) is 3.14. The predicted octanol–water partition coefficient (Wildman–Crippen LogP) is 15.0. The van der Waals surface area contributed by atoms with E-state index in [9.17, 15) is 14.4 Å². The molecule has 0 heterocycles. The Kier molecular flexibility index (Phi) is 39.8. The molecule has 54 heavy (non-hydrogen) atoms. The van der Waals surface area contributed by atoms with Crippen LogP contribution in [0.5, 0.6) is 0 Å². The van der Waals surface area contributed by atoms with Crippen molar-refractivity contribution in [2.75, 3.05) is 13.2 Å². The number of unbranched alkanes of at least 4 members (excludes halogenated alkanes) is 27. The second kappa shape index (κ2) is 41.1. The van der Waals surface area contributed by atoms with Crippen LogP contribution < -0.4 is 0 Å². The highest BCUT2D eigenvalue weighted by molar-refractivity contribution is 5.71. The van der Waals surface area contributed by atoms with Crippen molar-refractivity contribution in [3.8, 4) is 0 Å². The molecule has 320 valence electrons. The SMILES string of the molecule is CCCCCCCCCC(=O)OC[C@H](COC(=O)CCCCCCCCCCCCC(C)C)OC(=O)CCCCCCCCCCCCCCCC(C)C. The molecule has 0 amide bonds. The van der Waals surface area contributed by atoms with Crippen LogP contribution in [0.25, 0.3) is 0 Å². The molecule has 0 N–H and O–H groups in total. The van der Waals surface area contributed by atoms with Gasteiger partial charge in [-0.25, -0.2) is 0 Å². The molecule has 0 aromatic rings. The van der Waals surface area contributed by atoms with Gasteiger partial charge in [0.15, 0.2) is 6.10 Å². The standard InChI is InChI=1S/C48H92O6/c1-6-7-8-9-21-28-33-38-46(49)52-41-45(42-53-47(50)39-34-29-24-19-16-15-18-23-27-32-37-44(4)5)54-48(51)40-35-30-25-20-14-12-10-11-13-17-22-26-31-36-43(2)3/h43-45H,6-42H2,1-5H3/t45-/m1/s1. The van der Waals surface area contributed by atoms with Gasteiger partial charge < -0.3 is 14.2 Å². The Morgan fingerprint density at radius 3 is 0.907 bits per heavy atom. The van der Waals surface area contributed by atoms with Crippen molar-refractivity contribution in [3.05, 3.63) is 0 Å². The highest BCUT2D eigenvalue weighted by atomic mass is 16.6. The molecule has 0 rings (SSSR count). The summed E-state index contributed by atoms with van der Waals surface area (Å²) in [5.41, 5.74) is 0. The quantitative estimate of drug-likeness (QED) is 0.0350. The van der Waals surface area contributed by atoms with Gasteiger partial charge in [0, 0.05) is 19.3 Å².